The second-order valence-corrected chi connectivity index (χ2v) is 9.07. The van der Waals surface area contributed by atoms with Gasteiger partial charge < -0.3 is 38.3 Å². The second kappa shape index (κ2) is 15.4. The van der Waals surface area contributed by atoms with Crippen LogP contribution in [-0.4, -0.2) is 65.5 Å². The fourth-order valence-electron chi connectivity index (χ4n) is 3.38. The monoisotopic (exact) mass is 505 g/mol. The van der Waals surface area contributed by atoms with E-state index in [4.69, 9.17) is 17.2 Å². The van der Waals surface area contributed by atoms with Gasteiger partial charge in [0, 0.05) is 6.54 Å². The van der Waals surface area contributed by atoms with E-state index in [0.717, 1.165) is 5.56 Å². The van der Waals surface area contributed by atoms with Crippen LogP contribution in [0, 0.1) is 5.92 Å². The highest BCUT2D eigenvalue weighted by molar-refractivity contribution is 5.93. The fourth-order valence-corrected chi connectivity index (χ4v) is 3.38. The summed E-state index contributed by atoms with van der Waals surface area (Å²) in [6, 6.07) is 5.26. The number of nitrogens with two attached hydrogens (primary N) is 3. The molecule has 0 heterocycles. The third-order valence-electron chi connectivity index (χ3n) is 5.29. The first-order chi connectivity index (χ1) is 16.9. The first kappa shape index (κ1) is 30.4. The van der Waals surface area contributed by atoms with Crippen molar-refractivity contribution in [2.45, 2.75) is 70.6 Å². The number of hydrogen-bond acceptors (Lipinski definition) is 6. The summed E-state index contributed by atoms with van der Waals surface area (Å²) < 4.78 is 0. The van der Waals surface area contributed by atoms with Gasteiger partial charge in [0.2, 0.25) is 17.7 Å². The summed E-state index contributed by atoms with van der Waals surface area (Å²) in [6.07, 6.45) is 1.01. The van der Waals surface area contributed by atoms with Gasteiger partial charge in [0.25, 0.3) is 0 Å². The molecule has 1 aromatic rings. The largest absolute Gasteiger partial charge is 0.480 e. The third-order valence-corrected chi connectivity index (χ3v) is 5.29. The normalized spacial score (nSPS) is 14.1. The Morgan fingerprint density at radius 3 is 2.08 bits per heavy atom. The van der Waals surface area contributed by atoms with Crippen molar-refractivity contribution in [1.29, 1.82) is 0 Å². The van der Waals surface area contributed by atoms with E-state index < -0.39 is 47.9 Å². The van der Waals surface area contributed by atoms with Crippen LogP contribution in [0.3, 0.4) is 0 Å². The Bertz CT molecular complexity index is 903. The second-order valence-electron chi connectivity index (χ2n) is 9.07. The van der Waals surface area contributed by atoms with E-state index in [2.05, 4.69) is 20.9 Å². The van der Waals surface area contributed by atoms with Crippen molar-refractivity contribution in [2.75, 3.05) is 6.54 Å². The number of hydrogen-bond donors (Lipinski definition) is 7. The van der Waals surface area contributed by atoms with E-state index in [0.29, 0.717) is 12.8 Å². The van der Waals surface area contributed by atoms with Crippen molar-refractivity contribution >= 4 is 29.7 Å². The Labute approximate surface area is 211 Å². The number of amides is 3. The molecule has 0 spiro atoms. The van der Waals surface area contributed by atoms with Crippen LogP contribution in [0.2, 0.25) is 0 Å². The molecule has 0 aliphatic carbocycles. The molecule has 0 aliphatic heterocycles. The molecule has 4 unspecified atom stereocenters. The number of guanidine groups is 1. The standard InChI is InChI=1S/C24H39N7O5/c1-14(2)12-19(22(34)30-18(23(35)36)10-7-11-28-24(26)27)31-20(32)15(3)29-21(33)17(25)13-16-8-5-4-6-9-16/h4-6,8-9,14-15,17-19H,7,10-13,25H2,1-3H3,(H,29,33)(H,30,34)(H,31,32)(H,35,36)(H4,26,27,28). The topological polar surface area (TPSA) is 215 Å². The zero-order chi connectivity index (χ0) is 27.3. The van der Waals surface area contributed by atoms with Crippen molar-refractivity contribution in [3.8, 4) is 0 Å². The van der Waals surface area contributed by atoms with Crippen molar-refractivity contribution < 1.29 is 24.3 Å². The molecule has 0 saturated carbocycles. The van der Waals surface area contributed by atoms with Crippen molar-refractivity contribution in [3.63, 3.8) is 0 Å². The van der Waals surface area contributed by atoms with Crippen LogP contribution in [-0.2, 0) is 25.6 Å². The molecule has 0 saturated heterocycles. The quantitative estimate of drug-likeness (QED) is 0.0908. The molecular formula is C24H39N7O5. The van der Waals surface area contributed by atoms with Gasteiger partial charge in [0.05, 0.1) is 6.04 Å². The molecule has 0 aliphatic rings. The fraction of sp³-hybridized carbons (Fsp3) is 0.542. The Balaban J connectivity index is 2.73. The summed E-state index contributed by atoms with van der Waals surface area (Å²) in [6.45, 7) is 5.43. The van der Waals surface area contributed by atoms with E-state index in [9.17, 15) is 24.3 Å². The minimum atomic E-state index is -1.21. The van der Waals surface area contributed by atoms with Crippen LogP contribution in [0.4, 0.5) is 0 Å². The number of nitrogens with zero attached hydrogens (tertiary/aromatic N) is 1. The zero-order valence-electron chi connectivity index (χ0n) is 21.1. The molecule has 0 bridgehead atoms. The summed E-state index contributed by atoms with van der Waals surface area (Å²) >= 11 is 0. The summed E-state index contributed by atoms with van der Waals surface area (Å²) in [5.41, 5.74) is 17.4. The average Bonchev–Trinajstić information content (AvgIpc) is 2.80. The van der Waals surface area contributed by atoms with Gasteiger partial charge in [0.1, 0.15) is 18.1 Å². The lowest BCUT2D eigenvalue weighted by molar-refractivity contribution is -0.142. The Morgan fingerprint density at radius 2 is 1.53 bits per heavy atom. The van der Waals surface area contributed by atoms with E-state index in [1.54, 1.807) is 0 Å². The number of carboxylic acids is 1. The molecule has 12 nitrogen and oxygen atoms in total. The first-order valence-electron chi connectivity index (χ1n) is 11.9. The number of aliphatic imine (C=N–C) groups is 1. The minimum Gasteiger partial charge on any atom is -0.480 e. The zero-order valence-corrected chi connectivity index (χ0v) is 21.1. The number of carbonyl (C=O) groups excluding carboxylic acids is 3. The minimum absolute atomic E-state index is 0.0235. The number of benzene rings is 1. The number of aliphatic carboxylic acids is 1. The maximum Gasteiger partial charge on any atom is 0.326 e. The van der Waals surface area contributed by atoms with E-state index >= 15 is 0 Å². The maximum atomic E-state index is 12.9. The summed E-state index contributed by atoms with van der Waals surface area (Å²) in [7, 11) is 0. The average molecular weight is 506 g/mol. The summed E-state index contributed by atoms with van der Waals surface area (Å²) in [5.74, 6) is -3.02. The van der Waals surface area contributed by atoms with E-state index in [-0.39, 0.29) is 31.3 Å². The van der Waals surface area contributed by atoms with Gasteiger partial charge in [-0.25, -0.2) is 4.79 Å². The predicted octanol–water partition coefficient (Wildman–Crippen LogP) is -0.785. The highest BCUT2D eigenvalue weighted by atomic mass is 16.4. The highest BCUT2D eigenvalue weighted by Crippen LogP contribution is 2.08. The molecule has 10 N–H and O–H groups in total. The highest BCUT2D eigenvalue weighted by Gasteiger charge is 2.29. The van der Waals surface area contributed by atoms with Crippen LogP contribution in [0.1, 0.15) is 45.6 Å². The molecule has 1 rings (SSSR count). The lowest BCUT2D eigenvalue weighted by atomic mass is 10.0. The molecular weight excluding hydrogens is 466 g/mol. The smallest absolute Gasteiger partial charge is 0.326 e. The first-order valence-corrected chi connectivity index (χ1v) is 11.9. The molecule has 3 amide bonds. The molecule has 12 heteroatoms. The van der Waals surface area contributed by atoms with Crippen molar-refractivity contribution in [1.82, 2.24) is 16.0 Å². The molecule has 200 valence electrons. The van der Waals surface area contributed by atoms with Gasteiger partial charge in [-0.05, 0) is 44.1 Å². The van der Waals surface area contributed by atoms with E-state index in [1.807, 2.05) is 44.2 Å². The Morgan fingerprint density at radius 1 is 0.917 bits per heavy atom. The summed E-state index contributed by atoms with van der Waals surface area (Å²) in [4.78, 5) is 53.5. The predicted molar refractivity (Wildman–Crippen MR) is 137 cm³/mol. The van der Waals surface area contributed by atoms with Gasteiger partial charge >= 0.3 is 5.97 Å². The van der Waals surface area contributed by atoms with Crippen LogP contribution in [0.5, 0.6) is 0 Å². The number of nitrogens with one attached hydrogen (secondary N) is 3. The lowest BCUT2D eigenvalue weighted by Gasteiger charge is -2.25. The van der Waals surface area contributed by atoms with Gasteiger partial charge in [0.15, 0.2) is 5.96 Å². The van der Waals surface area contributed by atoms with Crippen LogP contribution < -0.4 is 33.2 Å². The number of rotatable bonds is 15. The van der Waals surface area contributed by atoms with Gasteiger partial charge in [-0.2, -0.15) is 0 Å². The van der Waals surface area contributed by atoms with Crippen molar-refractivity contribution in [3.05, 3.63) is 35.9 Å². The molecule has 0 fully saturated rings. The molecule has 4 atom stereocenters. The molecule has 0 radical (unpaired) electrons. The van der Waals surface area contributed by atoms with Gasteiger partial charge in [-0.1, -0.05) is 44.2 Å². The number of carbonyl (C=O) groups is 4. The Kier molecular flexibility index (Phi) is 12.9. The lowest BCUT2D eigenvalue weighted by Crippen LogP contribution is -2.56. The van der Waals surface area contributed by atoms with Crippen LogP contribution >= 0.6 is 0 Å². The number of carboxylic acid groups (broad SMARTS) is 1. The Hall–Kier alpha value is -3.67. The van der Waals surface area contributed by atoms with E-state index in [1.165, 1.54) is 6.92 Å². The van der Waals surface area contributed by atoms with Crippen LogP contribution in [0.15, 0.2) is 35.3 Å². The molecule has 36 heavy (non-hydrogen) atoms. The third kappa shape index (κ3) is 11.6. The summed E-state index contributed by atoms with van der Waals surface area (Å²) in [5, 5.41) is 17.1. The van der Waals surface area contributed by atoms with Crippen molar-refractivity contribution in [2.24, 2.45) is 28.1 Å². The van der Waals surface area contributed by atoms with Crippen LogP contribution in [0.25, 0.3) is 0 Å². The van der Waals surface area contributed by atoms with Gasteiger partial charge in [-0.15, -0.1) is 0 Å². The molecule has 1 aromatic carbocycles. The molecule has 0 aromatic heterocycles. The maximum absolute atomic E-state index is 12.9. The van der Waals surface area contributed by atoms with Gasteiger partial charge in [-0.3, -0.25) is 19.4 Å². The SMILES string of the molecule is CC(C)CC(NC(=O)C(C)NC(=O)C(N)Cc1ccccc1)C(=O)NC(CCCN=C(N)N)C(=O)O.